The van der Waals surface area contributed by atoms with Gasteiger partial charge in [-0.15, -0.1) is 0 Å². The van der Waals surface area contributed by atoms with E-state index in [-0.39, 0.29) is 12.2 Å². The van der Waals surface area contributed by atoms with Gasteiger partial charge in [-0.2, -0.15) is 0 Å². The molecule has 0 aromatic heterocycles. The molecular formula is C16H13ClO3. The van der Waals surface area contributed by atoms with Crippen LogP contribution in [0.3, 0.4) is 0 Å². The highest BCUT2D eigenvalue weighted by molar-refractivity contribution is 6.31. The molecule has 102 valence electrons. The highest BCUT2D eigenvalue weighted by Crippen LogP contribution is 2.20. The summed E-state index contributed by atoms with van der Waals surface area (Å²) in [5.74, 6) is -0.496. The van der Waals surface area contributed by atoms with E-state index in [1.165, 1.54) is 7.11 Å². The molecular weight excluding hydrogens is 276 g/mol. The molecule has 0 unspecified atom stereocenters. The first-order chi connectivity index (χ1) is 9.61. The first-order valence-corrected chi connectivity index (χ1v) is 6.44. The molecule has 2 aromatic carbocycles. The fourth-order valence-electron chi connectivity index (χ4n) is 1.84. The van der Waals surface area contributed by atoms with Gasteiger partial charge in [-0.3, -0.25) is 9.59 Å². The summed E-state index contributed by atoms with van der Waals surface area (Å²) in [6, 6.07) is 13.9. The van der Waals surface area contributed by atoms with Gasteiger partial charge in [0.25, 0.3) is 0 Å². The average Bonchev–Trinajstić information content (AvgIpc) is 2.49. The van der Waals surface area contributed by atoms with Gasteiger partial charge in [-0.05, 0) is 23.8 Å². The highest BCUT2D eigenvalue weighted by atomic mass is 35.5. The maximum Gasteiger partial charge on any atom is 0.310 e. The fraction of sp³-hybridized carbons (Fsp3) is 0.125. The number of ether oxygens (including phenoxy) is 1. The van der Waals surface area contributed by atoms with Crippen LogP contribution in [-0.4, -0.2) is 18.9 Å². The van der Waals surface area contributed by atoms with E-state index in [0.717, 1.165) is 0 Å². The Morgan fingerprint density at radius 3 is 2.40 bits per heavy atom. The third-order valence-corrected chi connectivity index (χ3v) is 3.28. The Morgan fingerprint density at radius 2 is 1.75 bits per heavy atom. The van der Waals surface area contributed by atoms with Crippen molar-refractivity contribution in [1.82, 2.24) is 0 Å². The minimum atomic E-state index is -0.392. The molecule has 0 radical (unpaired) electrons. The quantitative estimate of drug-likeness (QED) is 0.640. The summed E-state index contributed by atoms with van der Waals surface area (Å²) in [5, 5.41) is 0.444. The molecule has 0 aliphatic rings. The number of carbonyl (C=O) groups is 2. The van der Waals surface area contributed by atoms with Crippen molar-refractivity contribution >= 4 is 23.4 Å². The normalized spacial score (nSPS) is 10.1. The standard InChI is InChI=1S/C16H13ClO3/c1-20-15(18)10-13-9-12(7-8-14(13)17)16(19)11-5-3-2-4-6-11/h2-9H,10H2,1H3. The summed E-state index contributed by atoms with van der Waals surface area (Å²) in [5.41, 5.74) is 1.68. The van der Waals surface area contributed by atoms with E-state index in [9.17, 15) is 9.59 Å². The molecule has 2 rings (SSSR count). The van der Waals surface area contributed by atoms with Crippen molar-refractivity contribution in [3.05, 3.63) is 70.2 Å². The Morgan fingerprint density at radius 1 is 1.05 bits per heavy atom. The van der Waals surface area contributed by atoms with Gasteiger partial charge in [-0.25, -0.2) is 0 Å². The Balaban J connectivity index is 2.32. The number of methoxy groups -OCH3 is 1. The predicted octanol–water partition coefficient (Wildman–Crippen LogP) is 3.29. The molecule has 0 fully saturated rings. The lowest BCUT2D eigenvalue weighted by atomic mass is 10.0. The minimum Gasteiger partial charge on any atom is -0.469 e. The summed E-state index contributed by atoms with van der Waals surface area (Å²) in [4.78, 5) is 23.6. The van der Waals surface area contributed by atoms with E-state index in [4.69, 9.17) is 11.6 Å². The zero-order valence-electron chi connectivity index (χ0n) is 10.9. The minimum absolute atomic E-state index is 0.0469. The number of carbonyl (C=O) groups excluding carboxylic acids is 2. The van der Waals surface area contributed by atoms with Crippen molar-refractivity contribution in [3.8, 4) is 0 Å². The highest BCUT2D eigenvalue weighted by Gasteiger charge is 2.13. The van der Waals surface area contributed by atoms with Gasteiger partial charge in [0.1, 0.15) is 0 Å². The SMILES string of the molecule is COC(=O)Cc1cc(C(=O)c2ccccc2)ccc1Cl. The second-order valence-corrected chi connectivity index (χ2v) is 4.66. The van der Waals surface area contributed by atoms with E-state index in [1.54, 1.807) is 42.5 Å². The summed E-state index contributed by atoms with van der Waals surface area (Å²) >= 11 is 6.03. The molecule has 0 amide bonds. The number of hydrogen-bond donors (Lipinski definition) is 0. The van der Waals surface area contributed by atoms with E-state index < -0.39 is 5.97 Å². The summed E-state index contributed by atoms with van der Waals surface area (Å²) in [7, 11) is 1.31. The number of halogens is 1. The van der Waals surface area contributed by atoms with Gasteiger partial charge in [0.2, 0.25) is 0 Å². The molecule has 0 saturated heterocycles. The lowest BCUT2D eigenvalue weighted by Gasteiger charge is -2.06. The molecule has 4 heteroatoms. The Kier molecular flexibility index (Phi) is 4.53. The Bertz CT molecular complexity index is 635. The van der Waals surface area contributed by atoms with Gasteiger partial charge in [0.15, 0.2) is 5.78 Å². The molecule has 3 nitrogen and oxygen atoms in total. The van der Waals surface area contributed by atoms with Crippen molar-refractivity contribution in [1.29, 1.82) is 0 Å². The predicted molar refractivity (Wildman–Crippen MR) is 77.0 cm³/mol. The molecule has 0 spiro atoms. The third kappa shape index (κ3) is 3.25. The molecule has 0 bridgehead atoms. The van der Waals surface area contributed by atoms with E-state index in [1.807, 2.05) is 6.07 Å². The van der Waals surface area contributed by atoms with Crippen LogP contribution in [0, 0.1) is 0 Å². The number of benzene rings is 2. The molecule has 20 heavy (non-hydrogen) atoms. The van der Waals surface area contributed by atoms with Crippen LogP contribution >= 0.6 is 11.6 Å². The fourth-order valence-corrected chi connectivity index (χ4v) is 2.02. The number of rotatable bonds is 4. The smallest absolute Gasteiger partial charge is 0.310 e. The van der Waals surface area contributed by atoms with Crippen molar-refractivity contribution < 1.29 is 14.3 Å². The van der Waals surface area contributed by atoms with Crippen molar-refractivity contribution in [3.63, 3.8) is 0 Å². The molecule has 0 atom stereocenters. The van der Waals surface area contributed by atoms with Gasteiger partial charge in [0, 0.05) is 16.1 Å². The van der Waals surface area contributed by atoms with E-state index >= 15 is 0 Å². The first-order valence-electron chi connectivity index (χ1n) is 6.07. The van der Waals surface area contributed by atoms with Gasteiger partial charge >= 0.3 is 5.97 Å². The van der Waals surface area contributed by atoms with Gasteiger partial charge in [-0.1, -0.05) is 41.9 Å². The average molecular weight is 289 g/mol. The van der Waals surface area contributed by atoms with Crippen molar-refractivity contribution in [2.24, 2.45) is 0 Å². The molecule has 0 aliphatic heterocycles. The first kappa shape index (κ1) is 14.3. The zero-order chi connectivity index (χ0) is 14.5. The zero-order valence-corrected chi connectivity index (χ0v) is 11.7. The monoisotopic (exact) mass is 288 g/mol. The number of hydrogen-bond acceptors (Lipinski definition) is 3. The third-order valence-electron chi connectivity index (χ3n) is 2.91. The Hall–Kier alpha value is -2.13. The van der Waals surface area contributed by atoms with E-state index in [2.05, 4.69) is 4.74 Å². The largest absolute Gasteiger partial charge is 0.469 e. The number of ketones is 1. The second-order valence-electron chi connectivity index (χ2n) is 4.25. The van der Waals surface area contributed by atoms with Crippen LogP contribution in [0.25, 0.3) is 0 Å². The van der Waals surface area contributed by atoms with Crippen molar-refractivity contribution in [2.45, 2.75) is 6.42 Å². The Labute approximate surface area is 122 Å². The summed E-state index contributed by atoms with van der Waals surface area (Å²) in [6.07, 6.45) is 0.0469. The van der Waals surface area contributed by atoms with Crippen LogP contribution in [0.1, 0.15) is 21.5 Å². The van der Waals surface area contributed by atoms with Crippen molar-refractivity contribution in [2.75, 3.05) is 7.11 Å². The van der Waals surface area contributed by atoms with Crippen LogP contribution < -0.4 is 0 Å². The number of esters is 1. The lowest BCUT2D eigenvalue weighted by molar-refractivity contribution is -0.139. The van der Waals surface area contributed by atoms with Crippen LogP contribution in [0.15, 0.2) is 48.5 Å². The topological polar surface area (TPSA) is 43.4 Å². The summed E-state index contributed by atoms with van der Waals surface area (Å²) < 4.78 is 4.61. The molecule has 2 aromatic rings. The molecule has 0 aliphatic carbocycles. The maximum atomic E-state index is 12.3. The maximum absolute atomic E-state index is 12.3. The molecule has 0 N–H and O–H groups in total. The van der Waals surface area contributed by atoms with Crippen LogP contribution in [-0.2, 0) is 16.0 Å². The van der Waals surface area contributed by atoms with Crippen LogP contribution in [0.4, 0.5) is 0 Å². The summed E-state index contributed by atoms with van der Waals surface area (Å²) in [6.45, 7) is 0. The lowest BCUT2D eigenvalue weighted by Crippen LogP contribution is -2.07. The van der Waals surface area contributed by atoms with E-state index in [0.29, 0.717) is 21.7 Å². The van der Waals surface area contributed by atoms with Crippen LogP contribution in [0.2, 0.25) is 5.02 Å². The van der Waals surface area contributed by atoms with Gasteiger partial charge in [0.05, 0.1) is 13.5 Å². The molecule has 0 heterocycles. The van der Waals surface area contributed by atoms with Crippen LogP contribution in [0.5, 0.6) is 0 Å². The van der Waals surface area contributed by atoms with Gasteiger partial charge < -0.3 is 4.74 Å². The second kappa shape index (κ2) is 6.35. The molecule has 0 saturated carbocycles.